The fourth-order valence-electron chi connectivity index (χ4n) is 1.65. The van der Waals surface area contributed by atoms with E-state index in [4.69, 9.17) is 15.2 Å². The van der Waals surface area contributed by atoms with Gasteiger partial charge in [0.15, 0.2) is 0 Å². The largest absolute Gasteiger partial charge is 0.494 e. The number of nitrogens with one attached hydrogen (secondary N) is 1. The second-order valence-electron chi connectivity index (χ2n) is 4.42. The zero-order valence-corrected chi connectivity index (χ0v) is 11.7. The van der Waals surface area contributed by atoms with Gasteiger partial charge in [0, 0.05) is 6.07 Å². The van der Waals surface area contributed by atoms with E-state index in [2.05, 4.69) is 5.32 Å². The van der Waals surface area contributed by atoms with E-state index in [-0.39, 0.29) is 6.61 Å². The minimum absolute atomic E-state index is 0.172. The average Bonchev–Trinajstić information content (AvgIpc) is 2.37. The zero-order chi connectivity index (χ0) is 14.3. The Kier molecular flexibility index (Phi) is 5.63. The van der Waals surface area contributed by atoms with Crippen LogP contribution >= 0.6 is 0 Å². The number of likely N-dealkylation sites (N-methyl/N-ethyl adjacent to an activating group) is 1. The maximum Gasteiger partial charge on any atom is 0.240 e. The Morgan fingerprint density at radius 2 is 1.95 bits per heavy atom. The van der Waals surface area contributed by atoms with E-state index in [1.54, 1.807) is 13.0 Å². The number of hydrogen-bond donors (Lipinski definition) is 2. The summed E-state index contributed by atoms with van der Waals surface area (Å²) >= 11 is 0. The van der Waals surface area contributed by atoms with Crippen LogP contribution < -0.4 is 20.5 Å². The van der Waals surface area contributed by atoms with Gasteiger partial charge in [0.05, 0.1) is 6.61 Å². The van der Waals surface area contributed by atoms with Crippen LogP contribution in [0.25, 0.3) is 0 Å². The molecule has 19 heavy (non-hydrogen) atoms. The molecule has 0 fully saturated rings. The van der Waals surface area contributed by atoms with Crippen LogP contribution in [-0.2, 0) is 4.79 Å². The van der Waals surface area contributed by atoms with Crippen molar-refractivity contribution in [1.29, 1.82) is 0 Å². The molecule has 1 aromatic carbocycles. The highest BCUT2D eigenvalue weighted by Crippen LogP contribution is 2.20. The Morgan fingerprint density at radius 3 is 2.47 bits per heavy atom. The van der Waals surface area contributed by atoms with E-state index in [9.17, 15) is 4.79 Å². The van der Waals surface area contributed by atoms with Crippen LogP contribution in [0, 0.1) is 0 Å². The van der Waals surface area contributed by atoms with Crippen molar-refractivity contribution < 1.29 is 14.3 Å². The summed E-state index contributed by atoms with van der Waals surface area (Å²) < 4.78 is 11.0. The average molecular weight is 266 g/mol. The van der Waals surface area contributed by atoms with Crippen LogP contribution in [-0.4, -0.2) is 31.2 Å². The molecule has 0 spiro atoms. The van der Waals surface area contributed by atoms with E-state index >= 15 is 0 Å². The molecule has 1 rings (SSSR count). The lowest BCUT2D eigenvalue weighted by Crippen LogP contribution is -2.57. The molecule has 0 radical (unpaired) electrons. The van der Waals surface area contributed by atoms with Gasteiger partial charge in [-0.25, -0.2) is 0 Å². The number of carbonyl (C=O) groups is 1. The van der Waals surface area contributed by atoms with Gasteiger partial charge in [-0.2, -0.15) is 0 Å². The maximum absolute atomic E-state index is 11.5. The third-order valence-corrected chi connectivity index (χ3v) is 2.75. The number of ether oxygens (including phenoxy) is 2. The van der Waals surface area contributed by atoms with Gasteiger partial charge in [0.1, 0.15) is 23.6 Å². The second-order valence-corrected chi connectivity index (χ2v) is 4.42. The summed E-state index contributed by atoms with van der Waals surface area (Å²) in [6.45, 7) is 6.97. The van der Waals surface area contributed by atoms with Gasteiger partial charge >= 0.3 is 0 Å². The Morgan fingerprint density at radius 1 is 1.32 bits per heavy atom. The topological polar surface area (TPSA) is 73.6 Å². The molecule has 0 saturated carbocycles. The van der Waals surface area contributed by atoms with Crippen molar-refractivity contribution in [3.05, 3.63) is 24.3 Å². The van der Waals surface area contributed by atoms with E-state index in [0.717, 1.165) is 5.75 Å². The predicted molar refractivity (Wildman–Crippen MR) is 74.4 cm³/mol. The fraction of sp³-hybridized carbons (Fsp3) is 0.500. The summed E-state index contributed by atoms with van der Waals surface area (Å²) in [7, 11) is 0. The van der Waals surface area contributed by atoms with Gasteiger partial charge in [-0.05, 0) is 32.5 Å². The lowest BCUT2D eigenvalue weighted by molar-refractivity contribution is -0.124. The molecule has 106 valence electrons. The molecule has 1 atom stereocenters. The zero-order valence-electron chi connectivity index (χ0n) is 11.7. The van der Waals surface area contributed by atoms with Gasteiger partial charge in [0.25, 0.3) is 0 Å². The van der Waals surface area contributed by atoms with Crippen molar-refractivity contribution in [1.82, 2.24) is 5.32 Å². The molecule has 0 aliphatic rings. The molecule has 0 bridgehead atoms. The van der Waals surface area contributed by atoms with E-state index in [1.165, 1.54) is 0 Å². The summed E-state index contributed by atoms with van der Waals surface area (Å²) in [6, 6.07) is 7.30. The Hall–Kier alpha value is -1.75. The predicted octanol–water partition coefficient (Wildman–Crippen LogP) is 1.32. The normalized spacial score (nSPS) is 13.6. The molecule has 1 aromatic rings. The maximum atomic E-state index is 11.5. The van der Waals surface area contributed by atoms with Crippen molar-refractivity contribution in [2.75, 3.05) is 19.8 Å². The minimum Gasteiger partial charge on any atom is -0.494 e. The lowest BCUT2D eigenvalue weighted by atomic mass is 10.0. The molecule has 0 aliphatic heterocycles. The van der Waals surface area contributed by atoms with Crippen LogP contribution in [0.5, 0.6) is 11.5 Å². The number of carbonyl (C=O) groups excluding carboxylic acids is 1. The highest BCUT2D eigenvalue weighted by Gasteiger charge is 2.30. The first-order valence-corrected chi connectivity index (χ1v) is 6.42. The van der Waals surface area contributed by atoms with Gasteiger partial charge in [-0.3, -0.25) is 4.79 Å². The number of hydrogen-bond acceptors (Lipinski definition) is 4. The highest BCUT2D eigenvalue weighted by molar-refractivity contribution is 5.84. The smallest absolute Gasteiger partial charge is 0.240 e. The standard InChI is InChI=1S/C14H22N2O3/c1-4-16-14(3,13(15)17)10-19-12-8-6-7-11(9-12)18-5-2/h6-9,16H,4-5,10H2,1-3H3,(H2,15,17). The first-order chi connectivity index (χ1) is 9.01. The molecule has 5 nitrogen and oxygen atoms in total. The number of amides is 1. The van der Waals surface area contributed by atoms with Crippen molar-refractivity contribution in [2.45, 2.75) is 26.3 Å². The van der Waals surface area contributed by atoms with Gasteiger partial charge in [0.2, 0.25) is 5.91 Å². The molecule has 5 heteroatoms. The van der Waals surface area contributed by atoms with Crippen molar-refractivity contribution in [3.63, 3.8) is 0 Å². The molecular formula is C14H22N2O3. The van der Waals surface area contributed by atoms with Crippen LogP contribution in [0.1, 0.15) is 20.8 Å². The van der Waals surface area contributed by atoms with Crippen LogP contribution in [0.3, 0.4) is 0 Å². The highest BCUT2D eigenvalue weighted by atomic mass is 16.5. The van der Waals surface area contributed by atoms with Gasteiger partial charge < -0.3 is 20.5 Å². The monoisotopic (exact) mass is 266 g/mol. The quantitative estimate of drug-likeness (QED) is 0.744. The molecule has 0 heterocycles. The van der Waals surface area contributed by atoms with E-state index in [0.29, 0.717) is 18.9 Å². The summed E-state index contributed by atoms with van der Waals surface area (Å²) in [5.74, 6) is 0.955. The molecule has 3 N–H and O–H groups in total. The van der Waals surface area contributed by atoms with Crippen molar-refractivity contribution in [2.24, 2.45) is 5.73 Å². The van der Waals surface area contributed by atoms with Gasteiger partial charge in [-0.15, -0.1) is 0 Å². The molecule has 0 saturated heterocycles. The van der Waals surface area contributed by atoms with Crippen molar-refractivity contribution >= 4 is 5.91 Å². The van der Waals surface area contributed by atoms with E-state index in [1.807, 2.05) is 32.0 Å². The Bertz CT molecular complexity index is 423. The molecular weight excluding hydrogens is 244 g/mol. The molecule has 1 unspecified atom stereocenters. The number of rotatable bonds is 8. The van der Waals surface area contributed by atoms with Crippen LogP contribution in [0.15, 0.2) is 24.3 Å². The number of primary amides is 1. The number of nitrogens with two attached hydrogens (primary N) is 1. The summed E-state index contributed by atoms with van der Waals surface area (Å²) in [5, 5.41) is 3.04. The fourth-order valence-corrected chi connectivity index (χ4v) is 1.65. The SMILES string of the molecule is CCNC(C)(COc1cccc(OCC)c1)C(N)=O. The van der Waals surface area contributed by atoms with Crippen LogP contribution in [0.4, 0.5) is 0 Å². The second kappa shape index (κ2) is 6.99. The summed E-state index contributed by atoms with van der Waals surface area (Å²) in [5.41, 5.74) is 4.51. The first kappa shape index (κ1) is 15.3. The third-order valence-electron chi connectivity index (χ3n) is 2.75. The first-order valence-electron chi connectivity index (χ1n) is 6.42. The molecule has 0 aliphatic carbocycles. The summed E-state index contributed by atoms with van der Waals surface area (Å²) in [6.07, 6.45) is 0. The molecule has 1 amide bonds. The minimum atomic E-state index is -0.879. The number of benzene rings is 1. The van der Waals surface area contributed by atoms with Crippen LogP contribution in [0.2, 0.25) is 0 Å². The third kappa shape index (κ3) is 4.44. The van der Waals surface area contributed by atoms with E-state index < -0.39 is 11.4 Å². The van der Waals surface area contributed by atoms with Gasteiger partial charge in [-0.1, -0.05) is 13.0 Å². The van der Waals surface area contributed by atoms with Crippen molar-refractivity contribution in [3.8, 4) is 11.5 Å². The Balaban J connectivity index is 2.69. The Labute approximate surface area is 114 Å². The summed E-state index contributed by atoms with van der Waals surface area (Å²) in [4.78, 5) is 11.5. The molecule has 0 aromatic heterocycles. The lowest BCUT2D eigenvalue weighted by Gasteiger charge is -2.26.